The van der Waals surface area contributed by atoms with Crippen LogP contribution in [0, 0.1) is 6.92 Å². The molecule has 94 valence electrons. The molecule has 0 unspecified atom stereocenters. The van der Waals surface area contributed by atoms with Gasteiger partial charge in [0, 0.05) is 22.7 Å². The Kier molecular flexibility index (Phi) is 3.37. The van der Waals surface area contributed by atoms with E-state index in [4.69, 9.17) is 4.74 Å². The van der Waals surface area contributed by atoms with Crippen LogP contribution in [0.15, 0.2) is 24.3 Å². The lowest BCUT2D eigenvalue weighted by molar-refractivity contribution is -0.134. The minimum absolute atomic E-state index is 0.370. The molecule has 0 spiro atoms. The van der Waals surface area contributed by atoms with Gasteiger partial charge in [-0.25, -0.2) is 4.79 Å². The Labute approximate surface area is 105 Å². The molecule has 4 heteroatoms. The number of methoxy groups -OCH3 is 2. The van der Waals surface area contributed by atoms with E-state index in [-0.39, 0.29) is 5.97 Å². The Balaban J connectivity index is 2.44. The molecule has 0 aliphatic rings. The predicted molar refractivity (Wildman–Crippen MR) is 70.6 cm³/mol. The fraction of sp³-hybridized carbons (Fsp3) is 0.214. The highest BCUT2D eigenvalue weighted by molar-refractivity contribution is 5.91. The minimum Gasteiger partial charge on any atom is -0.497 e. The van der Waals surface area contributed by atoms with Crippen LogP contribution in [0.1, 0.15) is 11.3 Å². The first kappa shape index (κ1) is 12.2. The van der Waals surface area contributed by atoms with Crippen LogP contribution < -0.4 is 4.74 Å². The second-order valence-electron chi connectivity index (χ2n) is 3.93. The summed E-state index contributed by atoms with van der Waals surface area (Å²) in [5.74, 6) is 0.443. The molecule has 0 bridgehead atoms. The summed E-state index contributed by atoms with van der Waals surface area (Å²) in [4.78, 5) is 14.3. The lowest BCUT2D eigenvalue weighted by atomic mass is 10.1. The number of benzene rings is 1. The molecule has 1 N–H and O–H groups in total. The molecular weight excluding hydrogens is 230 g/mol. The number of aromatic nitrogens is 1. The second-order valence-corrected chi connectivity index (χ2v) is 3.93. The zero-order chi connectivity index (χ0) is 13.1. The highest BCUT2D eigenvalue weighted by atomic mass is 16.5. The van der Waals surface area contributed by atoms with Gasteiger partial charge in [0.05, 0.1) is 14.2 Å². The van der Waals surface area contributed by atoms with Gasteiger partial charge in [0.15, 0.2) is 0 Å². The number of H-pyrrole nitrogens is 1. The van der Waals surface area contributed by atoms with Crippen LogP contribution in [0.5, 0.6) is 5.75 Å². The lowest BCUT2D eigenvalue weighted by Gasteiger charge is -1.98. The monoisotopic (exact) mass is 245 g/mol. The van der Waals surface area contributed by atoms with Crippen molar-refractivity contribution < 1.29 is 14.3 Å². The van der Waals surface area contributed by atoms with E-state index in [9.17, 15) is 4.79 Å². The molecule has 1 heterocycles. The largest absolute Gasteiger partial charge is 0.497 e. The molecule has 0 aliphatic carbocycles. The summed E-state index contributed by atoms with van der Waals surface area (Å²) < 4.78 is 9.76. The number of ether oxygens (including phenoxy) is 2. The summed E-state index contributed by atoms with van der Waals surface area (Å²) >= 11 is 0. The quantitative estimate of drug-likeness (QED) is 0.668. The van der Waals surface area contributed by atoms with Crippen molar-refractivity contribution in [2.45, 2.75) is 6.92 Å². The van der Waals surface area contributed by atoms with Gasteiger partial charge in [0.25, 0.3) is 0 Å². The van der Waals surface area contributed by atoms with Crippen LogP contribution in [0.4, 0.5) is 0 Å². The molecular formula is C14H15NO3. The lowest BCUT2D eigenvalue weighted by Crippen LogP contribution is -1.93. The topological polar surface area (TPSA) is 51.3 Å². The van der Waals surface area contributed by atoms with Crippen LogP contribution >= 0.6 is 0 Å². The average molecular weight is 245 g/mol. The normalized spacial score (nSPS) is 11.1. The zero-order valence-electron chi connectivity index (χ0n) is 10.6. The first-order valence-corrected chi connectivity index (χ1v) is 5.58. The third-order valence-corrected chi connectivity index (χ3v) is 2.89. The molecule has 0 saturated carbocycles. The molecule has 4 nitrogen and oxygen atoms in total. The van der Waals surface area contributed by atoms with Gasteiger partial charge in [-0.05, 0) is 36.8 Å². The van der Waals surface area contributed by atoms with Gasteiger partial charge in [-0.2, -0.15) is 0 Å². The number of fused-ring (bicyclic) bond motifs is 1. The molecule has 2 aromatic rings. The van der Waals surface area contributed by atoms with Crippen molar-refractivity contribution in [3.8, 4) is 5.75 Å². The van der Waals surface area contributed by atoms with E-state index in [0.29, 0.717) is 0 Å². The maximum atomic E-state index is 11.1. The molecule has 0 radical (unpaired) electrons. The summed E-state index contributed by atoms with van der Waals surface area (Å²) in [6.07, 6.45) is 3.11. The average Bonchev–Trinajstić information content (AvgIpc) is 2.72. The van der Waals surface area contributed by atoms with E-state index >= 15 is 0 Å². The van der Waals surface area contributed by atoms with Crippen molar-refractivity contribution in [1.29, 1.82) is 0 Å². The molecule has 0 atom stereocenters. The SMILES string of the molecule is COC(=O)/C=C/c1[nH]c2ccc(OC)cc2c1C. The summed E-state index contributed by atoms with van der Waals surface area (Å²) in [6, 6.07) is 5.82. The standard InChI is InChI=1S/C14H15NO3/c1-9-11-8-10(17-2)4-5-13(11)15-12(9)6-7-14(16)18-3/h4-8,15H,1-3H3/b7-6+. The van der Waals surface area contributed by atoms with E-state index < -0.39 is 0 Å². The van der Waals surface area contributed by atoms with Gasteiger partial charge in [-0.15, -0.1) is 0 Å². The van der Waals surface area contributed by atoms with Crippen LogP contribution in [0.2, 0.25) is 0 Å². The number of aryl methyl sites for hydroxylation is 1. The molecule has 1 aromatic heterocycles. The van der Waals surface area contributed by atoms with Crippen molar-refractivity contribution in [3.63, 3.8) is 0 Å². The van der Waals surface area contributed by atoms with Gasteiger partial charge in [-0.3, -0.25) is 0 Å². The number of hydrogen-bond acceptors (Lipinski definition) is 3. The Bertz CT molecular complexity index is 611. The smallest absolute Gasteiger partial charge is 0.330 e. The Morgan fingerprint density at radius 2 is 2.11 bits per heavy atom. The van der Waals surface area contributed by atoms with E-state index in [0.717, 1.165) is 27.9 Å². The number of nitrogens with one attached hydrogen (secondary N) is 1. The fourth-order valence-electron chi connectivity index (χ4n) is 1.84. The number of hydrogen-bond donors (Lipinski definition) is 1. The van der Waals surface area contributed by atoms with Crippen molar-refractivity contribution in [3.05, 3.63) is 35.5 Å². The van der Waals surface area contributed by atoms with Crippen molar-refractivity contribution in [1.82, 2.24) is 4.98 Å². The van der Waals surface area contributed by atoms with E-state index in [1.807, 2.05) is 25.1 Å². The maximum absolute atomic E-state index is 11.1. The molecule has 1 aromatic carbocycles. The number of aromatic amines is 1. The summed E-state index contributed by atoms with van der Waals surface area (Å²) in [6.45, 7) is 2.00. The maximum Gasteiger partial charge on any atom is 0.330 e. The highest BCUT2D eigenvalue weighted by Gasteiger charge is 2.06. The fourth-order valence-corrected chi connectivity index (χ4v) is 1.84. The Morgan fingerprint density at radius 3 is 2.78 bits per heavy atom. The number of rotatable bonds is 3. The molecule has 0 amide bonds. The van der Waals surface area contributed by atoms with Crippen LogP contribution in [0.3, 0.4) is 0 Å². The number of carbonyl (C=O) groups excluding carboxylic acids is 1. The Morgan fingerprint density at radius 1 is 1.33 bits per heavy atom. The molecule has 18 heavy (non-hydrogen) atoms. The van der Waals surface area contributed by atoms with E-state index in [2.05, 4.69) is 9.72 Å². The third-order valence-electron chi connectivity index (χ3n) is 2.89. The van der Waals surface area contributed by atoms with Crippen molar-refractivity contribution >= 4 is 22.9 Å². The first-order chi connectivity index (χ1) is 8.65. The summed E-state index contributed by atoms with van der Waals surface area (Å²) in [5, 5.41) is 1.08. The van der Waals surface area contributed by atoms with Gasteiger partial charge >= 0.3 is 5.97 Å². The summed E-state index contributed by atoms with van der Waals surface area (Å²) in [7, 11) is 3.00. The predicted octanol–water partition coefficient (Wildman–Crippen LogP) is 2.67. The number of carbonyl (C=O) groups is 1. The number of esters is 1. The van der Waals surface area contributed by atoms with Crippen LogP contribution in [-0.2, 0) is 9.53 Å². The highest BCUT2D eigenvalue weighted by Crippen LogP contribution is 2.26. The van der Waals surface area contributed by atoms with Crippen LogP contribution in [0.25, 0.3) is 17.0 Å². The van der Waals surface area contributed by atoms with Gasteiger partial charge < -0.3 is 14.5 Å². The second kappa shape index (κ2) is 4.96. The third kappa shape index (κ3) is 2.22. The molecule has 0 saturated heterocycles. The van der Waals surface area contributed by atoms with Crippen molar-refractivity contribution in [2.24, 2.45) is 0 Å². The van der Waals surface area contributed by atoms with Crippen molar-refractivity contribution in [2.75, 3.05) is 14.2 Å². The summed E-state index contributed by atoms with van der Waals surface area (Å²) in [5.41, 5.74) is 2.98. The van der Waals surface area contributed by atoms with E-state index in [1.165, 1.54) is 13.2 Å². The molecule has 0 aliphatic heterocycles. The minimum atomic E-state index is -0.370. The molecule has 0 fully saturated rings. The Hall–Kier alpha value is -2.23. The van der Waals surface area contributed by atoms with E-state index in [1.54, 1.807) is 13.2 Å². The molecule has 2 rings (SSSR count). The first-order valence-electron chi connectivity index (χ1n) is 5.58. The van der Waals surface area contributed by atoms with Crippen LogP contribution in [-0.4, -0.2) is 25.2 Å². The van der Waals surface area contributed by atoms with Gasteiger partial charge in [-0.1, -0.05) is 0 Å². The van der Waals surface area contributed by atoms with Gasteiger partial charge in [0.2, 0.25) is 0 Å². The van der Waals surface area contributed by atoms with Gasteiger partial charge in [0.1, 0.15) is 5.75 Å². The zero-order valence-corrected chi connectivity index (χ0v) is 10.6.